The Labute approximate surface area is 216 Å². The summed E-state index contributed by atoms with van der Waals surface area (Å²) in [7, 11) is 0. The number of rotatable bonds is 14. The average Bonchev–Trinajstić information content (AvgIpc) is 3.08. The van der Waals surface area contributed by atoms with Gasteiger partial charge in [-0.05, 0) is 57.0 Å². The Morgan fingerprint density at radius 3 is 2.58 bits per heavy atom. The number of carbonyl (C=O) groups is 1. The molecule has 0 radical (unpaired) electrons. The monoisotopic (exact) mass is 509 g/mol. The third kappa shape index (κ3) is 7.66. The lowest BCUT2D eigenvalue weighted by Gasteiger charge is -2.15. The molecule has 0 saturated carbocycles. The molecule has 1 aliphatic heterocycles. The maximum absolute atomic E-state index is 10.8. The number of fused-ring (bicyclic) bond motifs is 1. The van der Waals surface area contributed by atoms with Crippen molar-refractivity contribution < 1.29 is 29.1 Å². The van der Waals surface area contributed by atoms with E-state index in [-0.39, 0.29) is 11.8 Å². The Morgan fingerprint density at radius 1 is 1.06 bits per heavy atom. The Kier molecular flexibility index (Phi) is 10.5. The molecule has 0 spiro atoms. The second-order valence-electron chi connectivity index (χ2n) is 8.88. The average molecular weight is 510 g/mol. The zero-order valence-corrected chi connectivity index (χ0v) is 21.4. The van der Waals surface area contributed by atoms with Gasteiger partial charge >= 0.3 is 5.97 Å². The van der Waals surface area contributed by atoms with E-state index in [1.54, 1.807) is 0 Å². The Balaban J connectivity index is 1.75. The summed E-state index contributed by atoms with van der Waals surface area (Å²) in [5.74, 6) is -0.753. The van der Waals surface area contributed by atoms with Crippen molar-refractivity contribution in [2.45, 2.75) is 49.8 Å². The molecule has 36 heavy (non-hydrogen) atoms. The van der Waals surface area contributed by atoms with Crippen LogP contribution in [0.1, 0.15) is 45.1 Å². The molecule has 0 aromatic heterocycles. The quantitative estimate of drug-likeness (QED) is 0.0639. The third-order valence-electron chi connectivity index (χ3n) is 6.00. The fourth-order valence-electron chi connectivity index (χ4n) is 4.23. The van der Waals surface area contributed by atoms with Gasteiger partial charge in [-0.25, -0.2) is 5.26 Å². The van der Waals surface area contributed by atoms with Crippen LogP contribution in [0.5, 0.6) is 0 Å². The second-order valence-corrected chi connectivity index (χ2v) is 9.66. The van der Waals surface area contributed by atoms with Crippen molar-refractivity contribution in [1.82, 2.24) is 0 Å². The smallest absolute Gasteiger partial charge is 0.303 e. The summed E-state index contributed by atoms with van der Waals surface area (Å²) < 4.78 is 6.93. The first-order valence-corrected chi connectivity index (χ1v) is 12.6. The van der Waals surface area contributed by atoms with E-state index in [1.807, 2.05) is 79.0 Å². The number of carboxylic acids is 1. The zero-order valence-electron chi connectivity index (χ0n) is 20.6. The fourth-order valence-corrected chi connectivity index (χ4v) is 4.63. The van der Waals surface area contributed by atoms with Gasteiger partial charge < -0.3 is 10.4 Å². The number of benzene rings is 2. The van der Waals surface area contributed by atoms with Crippen LogP contribution in [-0.4, -0.2) is 33.2 Å². The predicted octanol–water partition coefficient (Wildman–Crippen LogP) is 6.87. The summed E-state index contributed by atoms with van der Waals surface area (Å²) in [5.41, 5.74) is 4.19. The van der Waals surface area contributed by atoms with Crippen LogP contribution in [0.4, 0.5) is 11.4 Å². The van der Waals surface area contributed by atoms with Crippen molar-refractivity contribution in [3.8, 4) is 0 Å². The van der Waals surface area contributed by atoms with Gasteiger partial charge in [0, 0.05) is 47.3 Å². The molecule has 1 heterocycles. The van der Waals surface area contributed by atoms with Gasteiger partial charge in [-0.1, -0.05) is 41.5 Å². The summed E-state index contributed by atoms with van der Waals surface area (Å²) in [4.78, 5) is 11.7. The SMILES string of the molecule is CC1(C)C(/C=C/C=C/C=C/Nc2ccccc2)=[N+](CCCCCC(=O)O)c2ccc(SOOO)cc21. The lowest BCUT2D eigenvalue weighted by atomic mass is 9.81. The maximum atomic E-state index is 10.8. The van der Waals surface area contributed by atoms with Gasteiger partial charge in [-0.3, -0.25) is 4.79 Å². The number of nitrogens with one attached hydrogen (secondary N) is 1. The van der Waals surface area contributed by atoms with Gasteiger partial charge in [-0.2, -0.15) is 4.58 Å². The van der Waals surface area contributed by atoms with Crippen molar-refractivity contribution in [2.24, 2.45) is 0 Å². The summed E-state index contributed by atoms with van der Waals surface area (Å²) in [6.07, 6.45) is 14.6. The number of allylic oxidation sites excluding steroid dienone is 5. The molecule has 0 amide bonds. The lowest BCUT2D eigenvalue weighted by molar-refractivity contribution is -0.438. The molecule has 0 saturated heterocycles. The minimum absolute atomic E-state index is 0.198. The number of carboxylic acid groups (broad SMARTS) is 1. The van der Waals surface area contributed by atoms with Gasteiger partial charge in [0.15, 0.2) is 5.71 Å². The third-order valence-corrected chi connectivity index (χ3v) is 6.58. The minimum atomic E-state index is -0.753. The molecule has 0 fully saturated rings. The highest BCUT2D eigenvalue weighted by Gasteiger charge is 2.44. The summed E-state index contributed by atoms with van der Waals surface area (Å²) >= 11 is 0.946. The molecule has 2 aromatic carbocycles. The van der Waals surface area contributed by atoms with Crippen molar-refractivity contribution in [2.75, 3.05) is 11.9 Å². The van der Waals surface area contributed by atoms with Crippen LogP contribution in [0.3, 0.4) is 0 Å². The lowest BCUT2D eigenvalue weighted by Crippen LogP contribution is -2.28. The van der Waals surface area contributed by atoms with Gasteiger partial charge in [0.25, 0.3) is 0 Å². The first kappa shape index (κ1) is 27.4. The number of nitrogens with zero attached hydrogens (tertiary/aromatic N) is 1. The van der Waals surface area contributed by atoms with E-state index in [0.717, 1.165) is 59.0 Å². The normalized spacial score (nSPS) is 14.9. The van der Waals surface area contributed by atoms with Crippen molar-refractivity contribution in [3.05, 3.63) is 90.7 Å². The molecular weight excluding hydrogens is 476 g/mol. The minimum Gasteiger partial charge on any atom is -0.481 e. The standard InChI is InChI=1S/C28H32N2O5S/c1-28(2)24-21-23(36-35-34-33)17-18-25(24)30(20-12-6-10-16-27(31)32)26(28)15-9-3-4-11-19-29-22-13-7-5-8-14-22/h3-5,7-9,11,13-15,17-19,21H,6,10,12,16,20H2,1-2H3,(H2,31,32,33)/p+1. The van der Waals surface area contributed by atoms with Crippen LogP contribution >= 0.6 is 12.0 Å². The van der Waals surface area contributed by atoms with E-state index >= 15 is 0 Å². The molecule has 8 heteroatoms. The highest BCUT2D eigenvalue weighted by Crippen LogP contribution is 2.42. The number of aliphatic carboxylic acids is 1. The summed E-state index contributed by atoms with van der Waals surface area (Å²) in [6, 6.07) is 16.0. The molecule has 0 bridgehead atoms. The molecule has 0 unspecified atom stereocenters. The number of anilines is 1. The fraction of sp³-hybridized carbons (Fsp3) is 0.286. The van der Waals surface area contributed by atoms with Gasteiger partial charge in [0.2, 0.25) is 5.69 Å². The van der Waals surface area contributed by atoms with Crippen LogP contribution in [0.2, 0.25) is 0 Å². The molecule has 2 aromatic rings. The Morgan fingerprint density at radius 2 is 1.83 bits per heavy atom. The van der Waals surface area contributed by atoms with Gasteiger partial charge in [0.1, 0.15) is 6.54 Å². The van der Waals surface area contributed by atoms with Crippen LogP contribution in [0.15, 0.2) is 90.0 Å². The van der Waals surface area contributed by atoms with E-state index in [0.29, 0.717) is 6.42 Å². The Hall–Kier alpha value is -3.17. The molecular formula is C28H33N2O5S+. The number of unbranched alkanes of at least 4 members (excludes halogenated alkanes) is 2. The van der Waals surface area contributed by atoms with Crippen LogP contribution in [-0.2, 0) is 19.6 Å². The number of hydrogen-bond donors (Lipinski definition) is 3. The molecule has 1 aliphatic rings. The van der Waals surface area contributed by atoms with E-state index < -0.39 is 5.97 Å². The molecule has 3 rings (SSSR count). The molecule has 7 nitrogen and oxygen atoms in total. The highest BCUT2D eigenvalue weighted by atomic mass is 32.2. The molecule has 0 atom stereocenters. The summed E-state index contributed by atoms with van der Waals surface area (Å²) in [5, 5.41) is 24.4. The van der Waals surface area contributed by atoms with Crippen LogP contribution < -0.4 is 5.32 Å². The largest absolute Gasteiger partial charge is 0.481 e. The van der Waals surface area contributed by atoms with Crippen LogP contribution in [0, 0.1) is 0 Å². The first-order valence-electron chi connectivity index (χ1n) is 11.9. The van der Waals surface area contributed by atoms with Crippen molar-refractivity contribution in [3.63, 3.8) is 0 Å². The Bertz CT molecular complexity index is 1140. The predicted molar refractivity (Wildman–Crippen MR) is 144 cm³/mol. The van der Waals surface area contributed by atoms with E-state index in [9.17, 15) is 4.79 Å². The van der Waals surface area contributed by atoms with Gasteiger partial charge in [-0.15, -0.1) is 4.33 Å². The molecule has 3 N–H and O–H groups in total. The number of hydrogen-bond acceptors (Lipinski definition) is 6. The molecule has 190 valence electrons. The second kappa shape index (κ2) is 13.8. The van der Waals surface area contributed by atoms with Crippen molar-refractivity contribution >= 4 is 35.1 Å². The van der Waals surface area contributed by atoms with Crippen molar-refractivity contribution in [1.29, 1.82) is 0 Å². The molecule has 0 aliphatic carbocycles. The number of para-hydroxylation sites is 1. The van der Waals surface area contributed by atoms with Gasteiger partial charge in [0.05, 0.1) is 17.5 Å². The topological polar surface area (TPSA) is 91.0 Å². The zero-order chi connectivity index (χ0) is 25.8. The first-order chi connectivity index (χ1) is 17.4. The summed E-state index contributed by atoms with van der Waals surface area (Å²) in [6.45, 7) is 5.16. The van der Waals surface area contributed by atoms with E-state index in [1.165, 1.54) is 0 Å². The van der Waals surface area contributed by atoms with E-state index in [4.69, 9.17) is 10.4 Å². The maximum Gasteiger partial charge on any atom is 0.303 e. The van der Waals surface area contributed by atoms with E-state index in [2.05, 4.69) is 39.2 Å². The highest BCUT2D eigenvalue weighted by molar-refractivity contribution is 7.94. The van der Waals surface area contributed by atoms with Crippen LogP contribution in [0.25, 0.3) is 0 Å².